The maximum atomic E-state index is 12.4. The fraction of sp³-hybridized carbons (Fsp3) is 0.348. The van der Waals surface area contributed by atoms with Gasteiger partial charge in [-0.05, 0) is 37.0 Å². The zero-order valence-corrected chi connectivity index (χ0v) is 17.4. The number of benzene rings is 2. The van der Waals surface area contributed by atoms with Crippen LogP contribution in [0, 0.1) is 0 Å². The first-order chi connectivity index (χ1) is 14.3. The van der Waals surface area contributed by atoms with Crippen molar-refractivity contribution in [3.05, 3.63) is 60.2 Å². The van der Waals surface area contributed by atoms with E-state index in [1.807, 2.05) is 30.3 Å². The molecule has 0 bridgehead atoms. The summed E-state index contributed by atoms with van der Waals surface area (Å²) in [6.07, 6.45) is 4.56. The van der Waals surface area contributed by atoms with Crippen molar-refractivity contribution >= 4 is 17.5 Å². The Morgan fingerprint density at radius 3 is 2.66 bits per heavy atom. The fourth-order valence-corrected chi connectivity index (χ4v) is 4.88. The zero-order valence-electron chi connectivity index (χ0n) is 16.6. The van der Waals surface area contributed by atoms with Gasteiger partial charge in [0.2, 0.25) is 0 Å². The molecule has 0 radical (unpaired) electrons. The Bertz CT molecular complexity index is 971. The summed E-state index contributed by atoms with van der Waals surface area (Å²) < 4.78 is 7.69. The third-order valence-electron chi connectivity index (χ3n) is 5.28. The van der Waals surface area contributed by atoms with Crippen LogP contribution in [0.2, 0.25) is 0 Å². The lowest BCUT2D eigenvalue weighted by molar-refractivity contribution is -0.119. The van der Waals surface area contributed by atoms with Crippen LogP contribution in [0.25, 0.3) is 11.4 Å². The van der Waals surface area contributed by atoms with E-state index in [0.717, 1.165) is 54.5 Å². The molecular weight excluding hydrogens is 382 g/mol. The van der Waals surface area contributed by atoms with Crippen molar-refractivity contribution in [3.63, 3.8) is 0 Å². The summed E-state index contributed by atoms with van der Waals surface area (Å²) in [6.45, 7) is 0.744. The van der Waals surface area contributed by atoms with Crippen LogP contribution in [0.1, 0.15) is 31.2 Å². The van der Waals surface area contributed by atoms with Gasteiger partial charge in [-0.2, -0.15) is 0 Å². The molecule has 1 saturated carbocycles. The van der Waals surface area contributed by atoms with Gasteiger partial charge in [-0.3, -0.25) is 4.79 Å². The van der Waals surface area contributed by atoms with Crippen LogP contribution in [0.4, 0.5) is 0 Å². The second kappa shape index (κ2) is 9.27. The highest BCUT2D eigenvalue weighted by Gasteiger charge is 2.27. The maximum Gasteiger partial charge on any atom is 0.192 e. The second-order valence-corrected chi connectivity index (χ2v) is 8.38. The lowest BCUT2D eigenvalue weighted by Crippen LogP contribution is -2.22. The number of hydrogen-bond acceptors (Lipinski definition) is 5. The molecule has 1 aliphatic carbocycles. The van der Waals surface area contributed by atoms with E-state index < -0.39 is 0 Å². The molecule has 1 aliphatic rings. The molecule has 6 heteroatoms. The number of hydrogen-bond donors (Lipinski definition) is 0. The van der Waals surface area contributed by atoms with E-state index in [1.54, 1.807) is 18.9 Å². The van der Waals surface area contributed by atoms with Crippen LogP contribution in [0.15, 0.2) is 59.8 Å². The monoisotopic (exact) mass is 407 g/mol. The molecule has 0 unspecified atom stereocenters. The van der Waals surface area contributed by atoms with Crippen LogP contribution in [-0.4, -0.2) is 32.9 Å². The number of rotatable bonds is 7. The normalized spacial score (nSPS) is 16.7. The average Bonchev–Trinajstić information content (AvgIpc) is 3.16. The number of ether oxygens (including phenoxy) is 1. The van der Waals surface area contributed by atoms with E-state index in [4.69, 9.17) is 4.74 Å². The average molecular weight is 408 g/mol. The number of aromatic nitrogens is 3. The quantitative estimate of drug-likeness (QED) is 0.563. The number of para-hydroxylation sites is 1. The predicted octanol–water partition coefficient (Wildman–Crippen LogP) is 4.80. The fourth-order valence-electron chi connectivity index (χ4n) is 3.69. The SMILES string of the molecule is COc1ccccc1-c1nnc(S[C@@H]2CCCCC2=O)n1CCc1ccccc1. The summed E-state index contributed by atoms with van der Waals surface area (Å²) in [5.74, 6) is 1.88. The lowest BCUT2D eigenvalue weighted by Gasteiger charge is -2.20. The summed E-state index contributed by atoms with van der Waals surface area (Å²) in [5, 5.41) is 9.76. The van der Waals surface area contributed by atoms with Gasteiger partial charge in [0.05, 0.1) is 17.9 Å². The van der Waals surface area contributed by atoms with E-state index >= 15 is 0 Å². The van der Waals surface area contributed by atoms with Crippen molar-refractivity contribution in [2.75, 3.05) is 7.11 Å². The van der Waals surface area contributed by atoms with Gasteiger partial charge in [0.25, 0.3) is 0 Å². The Labute approximate surface area is 175 Å². The molecule has 0 spiro atoms. The smallest absolute Gasteiger partial charge is 0.192 e. The summed E-state index contributed by atoms with van der Waals surface area (Å²) in [7, 11) is 1.67. The van der Waals surface area contributed by atoms with Crippen molar-refractivity contribution in [3.8, 4) is 17.1 Å². The Morgan fingerprint density at radius 2 is 1.86 bits per heavy atom. The molecule has 0 saturated heterocycles. The zero-order chi connectivity index (χ0) is 20.1. The van der Waals surface area contributed by atoms with Crippen molar-refractivity contribution in [1.82, 2.24) is 14.8 Å². The predicted molar refractivity (Wildman–Crippen MR) is 115 cm³/mol. The number of methoxy groups -OCH3 is 1. The van der Waals surface area contributed by atoms with Gasteiger partial charge in [0.1, 0.15) is 11.5 Å². The minimum Gasteiger partial charge on any atom is -0.496 e. The molecule has 3 aromatic rings. The topological polar surface area (TPSA) is 57.0 Å². The van der Waals surface area contributed by atoms with Gasteiger partial charge in [0, 0.05) is 13.0 Å². The van der Waals surface area contributed by atoms with Crippen molar-refractivity contribution in [2.24, 2.45) is 0 Å². The van der Waals surface area contributed by atoms with Crippen molar-refractivity contribution in [2.45, 2.75) is 49.1 Å². The highest BCUT2D eigenvalue weighted by molar-refractivity contribution is 8.00. The van der Waals surface area contributed by atoms with E-state index in [9.17, 15) is 4.79 Å². The number of thioether (sulfide) groups is 1. The lowest BCUT2D eigenvalue weighted by atomic mass is 9.99. The van der Waals surface area contributed by atoms with Gasteiger partial charge >= 0.3 is 0 Å². The molecule has 29 heavy (non-hydrogen) atoms. The first-order valence-electron chi connectivity index (χ1n) is 10.1. The number of carbonyl (C=O) groups is 1. The number of carbonyl (C=O) groups excluding carboxylic acids is 1. The molecule has 5 nitrogen and oxygen atoms in total. The van der Waals surface area contributed by atoms with Crippen molar-refractivity contribution in [1.29, 1.82) is 0 Å². The number of nitrogens with zero attached hydrogens (tertiary/aromatic N) is 3. The maximum absolute atomic E-state index is 12.4. The Kier molecular flexibility index (Phi) is 6.30. The van der Waals surface area contributed by atoms with Gasteiger partial charge in [0.15, 0.2) is 11.0 Å². The number of Topliss-reactive ketones (excluding diaryl/α,β-unsaturated/α-hetero) is 1. The minimum absolute atomic E-state index is 0.0195. The third-order valence-corrected chi connectivity index (χ3v) is 6.57. The standard InChI is InChI=1S/C23H25N3O2S/c1-28-20-13-7-5-11-18(20)22-24-25-23(29-21-14-8-6-12-19(21)27)26(22)16-15-17-9-3-2-4-10-17/h2-5,7,9-11,13,21H,6,8,12,14-16H2,1H3/t21-/m1/s1. The molecule has 1 aromatic heterocycles. The van der Waals surface area contributed by atoms with Crippen LogP contribution in [0.5, 0.6) is 5.75 Å². The molecular formula is C23H25N3O2S. The van der Waals surface area contributed by atoms with Crippen LogP contribution >= 0.6 is 11.8 Å². The second-order valence-electron chi connectivity index (χ2n) is 7.21. The molecule has 0 amide bonds. The summed E-state index contributed by atoms with van der Waals surface area (Å²) in [6, 6.07) is 18.3. The first kappa shape index (κ1) is 19.7. The van der Waals surface area contributed by atoms with E-state index in [2.05, 4.69) is 39.0 Å². The van der Waals surface area contributed by atoms with Crippen LogP contribution < -0.4 is 4.74 Å². The molecule has 1 heterocycles. The van der Waals surface area contributed by atoms with E-state index in [-0.39, 0.29) is 5.25 Å². The highest BCUT2D eigenvalue weighted by atomic mass is 32.2. The van der Waals surface area contributed by atoms with Crippen molar-refractivity contribution < 1.29 is 9.53 Å². The molecule has 150 valence electrons. The molecule has 4 rings (SSSR count). The largest absolute Gasteiger partial charge is 0.496 e. The van der Waals surface area contributed by atoms with Crippen LogP contribution in [0.3, 0.4) is 0 Å². The summed E-state index contributed by atoms with van der Waals surface area (Å²) in [5.41, 5.74) is 2.18. The van der Waals surface area contributed by atoms with Gasteiger partial charge in [-0.1, -0.05) is 60.6 Å². The van der Waals surface area contributed by atoms with E-state index in [1.165, 1.54) is 5.56 Å². The Balaban J connectivity index is 1.67. The third kappa shape index (κ3) is 4.53. The number of aryl methyl sites for hydroxylation is 1. The van der Waals surface area contributed by atoms with Gasteiger partial charge in [-0.25, -0.2) is 0 Å². The Morgan fingerprint density at radius 1 is 1.07 bits per heavy atom. The molecule has 1 fully saturated rings. The molecule has 2 aromatic carbocycles. The summed E-state index contributed by atoms with van der Waals surface area (Å²) in [4.78, 5) is 12.4. The van der Waals surface area contributed by atoms with Gasteiger partial charge in [-0.15, -0.1) is 10.2 Å². The highest BCUT2D eigenvalue weighted by Crippen LogP contribution is 2.35. The molecule has 0 aliphatic heterocycles. The Hall–Kier alpha value is -2.60. The molecule has 0 N–H and O–H groups in total. The number of ketones is 1. The molecule has 1 atom stereocenters. The summed E-state index contributed by atoms with van der Waals surface area (Å²) >= 11 is 1.56. The van der Waals surface area contributed by atoms with Crippen LogP contribution in [-0.2, 0) is 17.8 Å². The first-order valence-corrected chi connectivity index (χ1v) is 10.9. The van der Waals surface area contributed by atoms with E-state index in [0.29, 0.717) is 12.2 Å². The minimum atomic E-state index is -0.0195. The van der Waals surface area contributed by atoms with Gasteiger partial charge < -0.3 is 9.30 Å².